The molecular weight excluding hydrogens is 291 g/mol. The second-order valence-corrected chi connectivity index (χ2v) is 7.93. The van der Waals surface area contributed by atoms with Gasteiger partial charge in [-0.25, -0.2) is 0 Å². The zero-order chi connectivity index (χ0) is 16.0. The van der Waals surface area contributed by atoms with Gasteiger partial charge < -0.3 is 4.52 Å². The summed E-state index contributed by atoms with van der Waals surface area (Å²) in [6.45, 7) is 7.69. The highest BCUT2D eigenvalue weighted by atomic mass is 31.2. The van der Waals surface area contributed by atoms with Crippen molar-refractivity contribution in [3.8, 4) is 5.75 Å². The molecular formula is C19H23O2P. The quantitative estimate of drug-likeness (QED) is 0.396. The summed E-state index contributed by atoms with van der Waals surface area (Å²) in [6, 6.07) is 15.5. The van der Waals surface area contributed by atoms with E-state index in [9.17, 15) is 4.57 Å². The molecule has 0 N–H and O–H groups in total. The van der Waals surface area contributed by atoms with Gasteiger partial charge >= 0.3 is 0 Å². The molecule has 0 saturated heterocycles. The number of hydrogen-bond donors (Lipinski definition) is 0. The van der Waals surface area contributed by atoms with E-state index in [0.29, 0.717) is 11.9 Å². The number of unbranched alkanes of at least 4 members (excludes halogenated alkanes) is 1. The maximum absolute atomic E-state index is 13.6. The Labute approximate surface area is 133 Å². The van der Waals surface area contributed by atoms with Crippen LogP contribution in [0.4, 0.5) is 0 Å². The van der Waals surface area contributed by atoms with Gasteiger partial charge in [-0.3, -0.25) is 4.57 Å². The van der Waals surface area contributed by atoms with Crippen LogP contribution in [0.5, 0.6) is 5.75 Å². The predicted octanol–water partition coefficient (Wildman–Crippen LogP) is 5.25. The lowest BCUT2D eigenvalue weighted by atomic mass is 10.2. The molecule has 2 rings (SSSR count). The third kappa shape index (κ3) is 3.90. The van der Waals surface area contributed by atoms with Gasteiger partial charge in [0.15, 0.2) is 0 Å². The Hall–Kier alpha value is -1.79. The summed E-state index contributed by atoms with van der Waals surface area (Å²) < 4.78 is 19.6. The minimum Gasteiger partial charge on any atom is -0.440 e. The molecule has 2 aromatic rings. The third-order valence-electron chi connectivity index (χ3n) is 3.68. The number of allylic oxidation sites excluding steroid dienone is 1. The van der Waals surface area contributed by atoms with Crippen LogP contribution in [0.15, 0.2) is 61.2 Å². The van der Waals surface area contributed by atoms with Crippen molar-refractivity contribution in [3.05, 3.63) is 72.3 Å². The lowest BCUT2D eigenvalue weighted by Crippen LogP contribution is -2.16. The van der Waals surface area contributed by atoms with Gasteiger partial charge in [-0.2, -0.15) is 0 Å². The van der Waals surface area contributed by atoms with E-state index in [1.54, 1.807) is 0 Å². The molecule has 0 radical (unpaired) electrons. The first-order valence-corrected chi connectivity index (χ1v) is 9.39. The third-order valence-corrected chi connectivity index (χ3v) is 6.32. The zero-order valence-electron chi connectivity index (χ0n) is 13.3. The summed E-state index contributed by atoms with van der Waals surface area (Å²) in [5.41, 5.74) is 2.01. The van der Waals surface area contributed by atoms with Crippen molar-refractivity contribution in [3.63, 3.8) is 0 Å². The average Bonchev–Trinajstić information content (AvgIpc) is 2.50. The first-order chi connectivity index (χ1) is 10.6. The number of para-hydroxylation sites is 1. The fraction of sp³-hybridized carbons (Fsp3) is 0.263. The highest BCUT2D eigenvalue weighted by Crippen LogP contribution is 2.48. The van der Waals surface area contributed by atoms with Crippen molar-refractivity contribution in [1.29, 1.82) is 0 Å². The predicted molar refractivity (Wildman–Crippen MR) is 94.5 cm³/mol. The van der Waals surface area contributed by atoms with Crippen LogP contribution >= 0.6 is 7.37 Å². The molecule has 2 nitrogen and oxygen atoms in total. The second kappa shape index (κ2) is 7.47. The molecule has 0 heterocycles. The molecule has 0 amide bonds. The van der Waals surface area contributed by atoms with Crippen LogP contribution in [0.1, 0.15) is 24.0 Å². The summed E-state index contributed by atoms with van der Waals surface area (Å²) >= 11 is 0. The van der Waals surface area contributed by atoms with Gasteiger partial charge in [-0.1, -0.05) is 42.5 Å². The molecule has 0 fully saturated rings. The van der Waals surface area contributed by atoms with Gasteiger partial charge in [0.25, 0.3) is 7.37 Å². The molecule has 22 heavy (non-hydrogen) atoms. The molecule has 1 atom stereocenters. The Bertz CT molecular complexity index is 691. The van der Waals surface area contributed by atoms with Crippen LogP contribution in [0.3, 0.4) is 0 Å². The molecule has 0 bridgehead atoms. The standard InChI is InChI=1S/C19H23O2P/c1-4-5-10-15-22(20,19-14-9-7-12-17(19)3)21-18-13-8-6-11-16(18)2/h4,6-9,11-14H,1,5,10,15H2,2-3H3. The summed E-state index contributed by atoms with van der Waals surface area (Å²) in [7, 11) is -2.94. The van der Waals surface area contributed by atoms with E-state index in [2.05, 4.69) is 6.58 Å². The van der Waals surface area contributed by atoms with Crippen LogP contribution in [0, 0.1) is 13.8 Å². The van der Waals surface area contributed by atoms with E-state index in [4.69, 9.17) is 4.52 Å². The fourth-order valence-corrected chi connectivity index (χ4v) is 4.90. The number of benzene rings is 2. The van der Waals surface area contributed by atoms with E-state index < -0.39 is 7.37 Å². The van der Waals surface area contributed by atoms with Crippen molar-refractivity contribution < 1.29 is 9.09 Å². The van der Waals surface area contributed by atoms with Crippen molar-refractivity contribution >= 4 is 12.7 Å². The number of hydrogen-bond acceptors (Lipinski definition) is 2. The van der Waals surface area contributed by atoms with Crippen LogP contribution in [-0.2, 0) is 4.57 Å². The molecule has 2 aromatic carbocycles. The topological polar surface area (TPSA) is 26.3 Å². The molecule has 0 spiro atoms. The maximum Gasteiger partial charge on any atom is 0.277 e. The molecule has 116 valence electrons. The van der Waals surface area contributed by atoms with Gasteiger partial charge in [0, 0.05) is 6.16 Å². The Balaban J connectivity index is 2.38. The second-order valence-electron chi connectivity index (χ2n) is 5.47. The van der Waals surface area contributed by atoms with Crippen LogP contribution in [0.25, 0.3) is 0 Å². The van der Waals surface area contributed by atoms with Crippen molar-refractivity contribution in [2.45, 2.75) is 26.7 Å². The van der Waals surface area contributed by atoms with Crippen molar-refractivity contribution in [2.24, 2.45) is 0 Å². The van der Waals surface area contributed by atoms with E-state index in [1.165, 1.54) is 0 Å². The monoisotopic (exact) mass is 314 g/mol. The molecule has 1 unspecified atom stereocenters. The molecule has 0 aliphatic rings. The van der Waals surface area contributed by atoms with Crippen LogP contribution < -0.4 is 9.83 Å². The van der Waals surface area contributed by atoms with Crippen molar-refractivity contribution in [1.82, 2.24) is 0 Å². The molecule has 3 heteroatoms. The first kappa shape index (κ1) is 16.6. The van der Waals surface area contributed by atoms with Gasteiger partial charge in [-0.05, 0) is 49.9 Å². The molecule has 0 aliphatic heterocycles. The van der Waals surface area contributed by atoms with E-state index >= 15 is 0 Å². The van der Waals surface area contributed by atoms with E-state index in [0.717, 1.165) is 29.3 Å². The van der Waals surface area contributed by atoms with Crippen molar-refractivity contribution in [2.75, 3.05) is 6.16 Å². The highest BCUT2D eigenvalue weighted by molar-refractivity contribution is 7.67. The van der Waals surface area contributed by atoms with E-state index in [-0.39, 0.29) is 0 Å². The fourth-order valence-electron chi connectivity index (χ4n) is 2.42. The SMILES string of the molecule is C=CCCCP(=O)(Oc1ccccc1C)c1ccccc1C. The number of aryl methyl sites for hydroxylation is 2. The van der Waals surface area contributed by atoms with E-state index in [1.807, 2.05) is 68.5 Å². The Morgan fingerprint density at radius 3 is 2.32 bits per heavy atom. The largest absolute Gasteiger partial charge is 0.440 e. The smallest absolute Gasteiger partial charge is 0.277 e. The van der Waals surface area contributed by atoms with Gasteiger partial charge in [0.05, 0.1) is 5.30 Å². The molecule has 0 aromatic heterocycles. The van der Waals surface area contributed by atoms with Gasteiger partial charge in [-0.15, -0.1) is 6.58 Å². The Kier molecular flexibility index (Phi) is 5.63. The summed E-state index contributed by atoms with van der Waals surface area (Å²) in [4.78, 5) is 0. The van der Waals surface area contributed by atoms with Crippen LogP contribution in [0.2, 0.25) is 0 Å². The normalized spacial score (nSPS) is 13.4. The number of rotatable bonds is 7. The Morgan fingerprint density at radius 2 is 1.68 bits per heavy atom. The minimum absolute atomic E-state index is 0.526. The average molecular weight is 314 g/mol. The lowest BCUT2D eigenvalue weighted by Gasteiger charge is -2.22. The first-order valence-electron chi connectivity index (χ1n) is 7.58. The molecule has 0 saturated carbocycles. The zero-order valence-corrected chi connectivity index (χ0v) is 14.2. The lowest BCUT2D eigenvalue weighted by molar-refractivity contribution is 0.488. The highest BCUT2D eigenvalue weighted by Gasteiger charge is 2.28. The summed E-state index contributed by atoms with van der Waals surface area (Å²) in [5.74, 6) is 0.702. The van der Waals surface area contributed by atoms with Gasteiger partial charge in [0.1, 0.15) is 5.75 Å². The molecule has 0 aliphatic carbocycles. The minimum atomic E-state index is -2.94. The Morgan fingerprint density at radius 1 is 1.05 bits per heavy atom. The van der Waals surface area contributed by atoms with Crippen LogP contribution in [-0.4, -0.2) is 6.16 Å². The van der Waals surface area contributed by atoms with Gasteiger partial charge in [0.2, 0.25) is 0 Å². The summed E-state index contributed by atoms with van der Waals surface area (Å²) in [6.07, 6.45) is 4.03. The summed E-state index contributed by atoms with van der Waals surface area (Å²) in [5, 5.41) is 0.822. The maximum atomic E-state index is 13.6.